The monoisotopic (exact) mass is 402 g/mol. The molecule has 0 fully saturated rings. The van der Waals surface area contributed by atoms with Crippen molar-refractivity contribution in [2.45, 2.75) is 25.3 Å². The van der Waals surface area contributed by atoms with Gasteiger partial charge in [0.25, 0.3) is 0 Å². The quantitative estimate of drug-likeness (QED) is 0.711. The maximum Gasteiger partial charge on any atom is 0.226 e. The molecule has 1 aliphatic carbocycles. The second-order valence-corrected chi connectivity index (χ2v) is 7.37. The van der Waals surface area contributed by atoms with Crippen molar-refractivity contribution in [3.63, 3.8) is 0 Å². The average molecular weight is 402 g/mol. The number of benzene rings is 2. The highest BCUT2D eigenvalue weighted by Crippen LogP contribution is 2.44. The van der Waals surface area contributed by atoms with Crippen LogP contribution in [0.2, 0.25) is 0 Å². The van der Waals surface area contributed by atoms with Crippen LogP contribution in [-0.2, 0) is 4.79 Å². The summed E-state index contributed by atoms with van der Waals surface area (Å²) in [7, 11) is 3.25. The van der Waals surface area contributed by atoms with Crippen molar-refractivity contribution in [2.75, 3.05) is 19.5 Å². The summed E-state index contributed by atoms with van der Waals surface area (Å²) >= 11 is 0. The molecule has 0 unspecified atom stereocenters. The van der Waals surface area contributed by atoms with Crippen LogP contribution in [0.1, 0.15) is 30.9 Å². The topological polar surface area (TPSA) is 78.3 Å². The number of ketones is 1. The molecule has 1 atom stereocenters. The number of nitrogens with one attached hydrogen (secondary N) is 1. The number of ether oxygens (including phenoxy) is 2. The van der Waals surface area contributed by atoms with E-state index in [4.69, 9.17) is 19.6 Å². The van der Waals surface area contributed by atoms with E-state index < -0.39 is 6.04 Å². The largest absolute Gasteiger partial charge is 0.497 e. The van der Waals surface area contributed by atoms with Crippen LogP contribution >= 0.6 is 0 Å². The van der Waals surface area contributed by atoms with Crippen LogP contribution in [0.15, 0.2) is 59.8 Å². The molecule has 2 aromatic carbocycles. The van der Waals surface area contributed by atoms with Gasteiger partial charge in [-0.05, 0) is 31.0 Å². The van der Waals surface area contributed by atoms with E-state index >= 15 is 0 Å². The molecular formula is C23H22N4O3. The molecule has 1 aromatic heterocycles. The Bertz CT molecular complexity index is 1150. The van der Waals surface area contributed by atoms with Gasteiger partial charge in [0.1, 0.15) is 17.5 Å². The highest BCUT2D eigenvalue weighted by Gasteiger charge is 2.38. The van der Waals surface area contributed by atoms with Crippen LogP contribution in [0.4, 0.5) is 5.95 Å². The third kappa shape index (κ3) is 2.94. The van der Waals surface area contributed by atoms with Gasteiger partial charge in [0, 0.05) is 28.8 Å². The van der Waals surface area contributed by atoms with Crippen molar-refractivity contribution < 1.29 is 14.3 Å². The van der Waals surface area contributed by atoms with Crippen molar-refractivity contribution in [3.05, 3.63) is 65.4 Å². The van der Waals surface area contributed by atoms with Crippen molar-refractivity contribution >= 4 is 11.7 Å². The normalized spacial score (nSPS) is 17.8. The molecule has 7 nitrogen and oxygen atoms in total. The lowest BCUT2D eigenvalue weighted by Crippen LogP contribution is -2.31. The third-order valence-corrected chi connectivity index (χ3v) is 5.63. The Kier molecular flexibility index (Phi) is 4.50. The van der Waals surface area contributed by atoms with E-state index in [0.717, 1.165) is 35.2 Å². The molecule has 7 heteroatoms. The molecular weight excluding hydrogens is 380 g/mol. The number of methoxy groups -OCH3 is 2. The number of rotatable bonds is 4. The van der Waals surface area contributed by atoms with Gasteiger partial charge in [0.15, 0.2) is 11.6 Å². The highest BCUT2D eigenvalue weighted by atomic mass is 16.5. The first-order valence-corrected chi connectivity index (χ1v) is 9.96. The van der Waals surface area contributed by atoms with Gasteiger partial charge in [-0.3, -0.25) is 4.79 Å². The van der Waals surface area contributed by atoms with Crippen molar-refractivity contribution in [3.8, 4) is 22.9 Å². The lowest BCUT2D eigenvalue weighted by Gasteiger charge is -2.32. The smallest absolute Gasteiger partial charge is 0.226 e. The summed E-state index contributed by atoms with van der Waals surface area (Å²) in [6, 6.07) is 15.0. The van der Waals surface area contributed by atoms with E-state index in [2.05, 4.69) is 5.32 Å². The number of Topliss-reactive ketones (excluding diaryl/α,β-unsaturated/α-hetero) is 1. The minimum atomic E-state index is -0.431. The second kappa shape index (κ2) is 7.33. The Morgan fingerprint density at radius 3 is 2.67 bits per heavy atom. The summed E-state index contributed by atoms with van der Waals surface area (Å²) in [5.74, 6) is 2.73. The maximum atomic E-state index is 13.0. The molecule has 1 N–H and O–H groups in total. The highest BCUT2D eigenvalue weighted by molar-refractivity contribution is 5.99. The van der Waals surface area contributed by atoms with E-state index in [-0.39, 0.29) is 5.78 Å². The van der Waals surface area contributed by atoms with Crippen LogP contribution in [0.25, 0.3) is 11.4 Å². The zero-order chi connectivity index (χ0) is 20.7. The molecule has 0 saturated carbocycles. The maximum absolute atomic E-state index is 13.0. The Labute approximate surface area is 174 Å². The number of anilines is 1. The fourth-order valence-corrected chi connectivity index (χ4v) is 4.21. The first-order chi connectivity index (χ1) is 14.7. The zero-order valence-corrected chi connectivity index (χ0v) is 16.9. The van der Waals surface area contributed by atoms with Crippen molar-refractivity contribution in [1.82, 2.24) is 14.8 Å². The zero-order valence-electron chi connectivity index (χ0n) is 16.9. The van der Waals surface area contributed by atoms with Gasteiger partial charge in [0.05, 0.1) is 14.2 Å². The number of nitrogens with zero attached hydrogens (tertiary/aromatic N) is 3. The molecule has 3 aromatic rings. The minimum absolute atomic E-state index is 0.126. The molecule has 2 aliphatic rings. The molecule has 0 bridgehead atoms. The van der Waals surface area contributed by atoms with E-state index in [1.807, 2.05) is 48.5 Å². The molecule has 152 valence electrons. The number of aromatic nitrogens is 3. The predicted molar refractivity (Wildman–Crippen MR) is 113 cm³/mol. The number of hydrogen-bond acceptors (Lipinski definition) is 6. The van der Waals surface area contributed by atoms with Crippen LogP contribution in [0.3, 0.4) is 0 Å². The summed E-state index contributed by atoms with van der Waals surface area (Å²) in [4.78, 5) is 17.8. The number of allylic oxidation sites excluding steroid dienone is 2. The van der Waals surface area contributed by atoms with E-state index in [9.17, 15) is 4.79 Å². The first-order valence-electron chi connectivity index (χ1n) is 9.96. The summed E-state index contributed by atoms with van der Waals surface area (Å²) in [5, 5.41) is 8.16. The van der Waals surface area contributed by atoms with Crippen molar-refractivity contribution in [1.29, 1.82) is 0 Å². The second-order valence-electron chi connectivity index (χ2n) is 7.37. The summed E-state index contributed by atoms with van der Waals surface area (Å²) in [6.07, 6.45) is 2.16. The number of fused-ring (bicyclic) bond motifs is 1. The Hall–Kier alpha value is -3.61. The fourth-order valence-electron chi connectivity index (χ4n) is 4.21. The van der Waals surface area contributed by atoms with Crippen molar-refractivity contribution in [2.24, 2.45) is 0 Å². The Balaban J connectivity index is 1.73. The first kappa shape index (κ1) is 18.4. The summed E-state index contributed by atoms with van der Waals surface area (Å²) in [5.41, 5.74) is 3.39. The van der Waals surface area contributed by atoms with Gasteiger partial charge in [-0.1, -0.05) is 30.3 Å². The number of hydrogen-bond donors (Lipinski definition) is 1. The SMILES string of the molecule is COc1ccc(OC)c([C@H]2C3=C(CCCC3=O)Nc3nc(-c4ccccc4)nn32)c1. The van der Waals surface area contributed by atoms with Gasteiger partial charge in [-0.25, -0.2) is 4.68 Å². The summed E-state index contributed by atoms with van der Waals surface area (Å²) in [6.45, 7) is 0. The van der Waals surface area contributed by atoms with Crippen LogP contribution in [0, 0.1) is 0 Å². The predicted octanol–water partition coefficient (Wildman–Crippen LogP) is 3.98. The molecule has 0 radical (unpaired) electrons. The third-order valence-electron chi connectivity index (χ3n) is 5.63. The molecule has 0 spiro atoms. The van der Waals surface area contributed by atoms with Gasteiger partial charge < -0.3 is 14.8 Å². The lowest BCUT2D eigenvalue weighted by atomic mass is 9.85. The van der Waals surface area contributed by atoms with E-state index in [1.54, 1.807) is 18.9 Å². The Morgan fingerprint density at radius 1 is 1.07 bits per heavy atom. The van der Waals surface area contributed by atoms with E-state index in [0.29, 0.717) is 29.7 Å². The van der Waals surface area contributed by atoms with Gasteiger partial charge in [-0.2, -0.15) is 4.98 Å². The average Bonchev–Trinajstić information content (AvgIpc) is 3.22. The standard InChI is InChI=1S/C23H22N4O3/c1-29-15-11-12-19(30-2)16(13-15)21-20-17(9-6-10-18(20)28)24-23-25-22(26-27(21)23)14-7-4-3-5-8-14/h3-5,7-8,11-13,21H,6,9-10H2,1-2H3,(H,24,25,26)/t21-/m0/s1. The molecule has 0 amide bonds. The minimum Gasteiger partial charge on any atom is -0.497 e. The Morgan fingerprint density at radius 2 is 1.90 bits per heavy atom. The van der Waals surface area contributed by atoms with Gasteiger partial charge in [0.2, 0.25) is 5.95 Å². The van der Waals surface area contributed by atoms with Gasteiger partial charge in [-0.15, -0.1) is 5.10 Å². The molecule has 30 heavy (non-hydrogen) atoms. The fraction of sp³-hybridized carbons (Fsp3) is 0.261. The molecule has 5 rings (SSSR count). The number of carbonyl (C=O) groups is 1. The van der Waals surface area contributed by atoms with Crippen LogP contribution < -0.4 is 14.8 Å². The van der Waals surface area contributed by atoms with Crippen LogP contribution in [0.5, 0.6) is 11.5 Å². The number of carbonyl (C=O) groups excluding carboxylic acids is 1. The van der Waals surface area contributed by atoms with Gasteiger partial charge >= 0.3 is 0 Å². The molecule has 1 aliphatic heterocycles. The molecule has 0 saturated heterocycles. The van der Waals surface area contributed by atoms with Crippen LogP contribution in [-0.4, -0.2) is 34.8 Å². The summed E-state index contributed by atoms with van der Waals surface area (Å²) < 4.78 is 12.9. The van der Waals surface area contributed by atoms with E-state index in [1.165, 1.54) is 0 Å². The molecule has 2 heterocycles. The lowest BCUT2D eigenvalue weighted by molar-refractivity contribution is -0.116.